The summed E-state index contributed by atoms with van der Waals surface area (Å²) in [6.07, 6.45) is 6.43. The van der Waals surface area contributed by atoms with Crippen molar-refractivity contribution in [2.45, 2.75) is 45.1 Å². The van der Waals surface area contributed by atoms with Crippen molar-refractivity contribution in [1.29, 1.82) is 5.26 Å². The predicted molar refractivity (Wildman–Crippen MR) is 83.3 cm³/mol. The van der Waals surface area contributed by atoms with Crippen molar-refractivity contribution in [2.75, 3.05) is 11.9 Å². The molecule has 0 aliphatic heterocycles. The zero-order chi connectivity index (χ0) is 13.8. The second kappa shape index (κ2) is 6.43. The first-order valence-electron chi connectivity index (χ1n) is 7.08. The number of halogens is 1. The van der Waals surface area contributed by atoms with E-state index in [0.717, 1.165) is 21.6 Å². The summed E-state index contributed by atoms with van der Waals surface area (Å²) in [5.41, 5.74) is 1.82. The molecule has 1 aromatic rings. The third-order valence-electron chi connectivity index (χ3n) is 4.40. The standard InChI is InChI=1S/C16H21BrN2/c1-3-12-4-8-15(9-5-12)19(2)16-10-14(17)7-6-13(16)11-18/h6-7,10,12,15H,3-5,8-9H2,1-2H3. The van der Waals surface area contributed by atoms with Gasteiger partial charge in [0.2, 0.25) is 0 Å². The molecule has 19 heavy (non-hydrogen) atoms. The van der Waals surface area contributed by atoms with Gasteiger partial charge in [0, 0.05) is 17.6 Å². The Balaban J connectivity index is 2.14. The molecule has 0 bridgehead atoms. The molecule has 0 heterocycles. The smallest absolute Gasteiger partial charge is 0.101 e. The van der Waals surface area contributed by atoms with Crippen molar-refractivity contribution < 1.29 is 0 Å². The van der Waals surface area contributed by atoms with Crippen molar-refractivity contribution in [3.8, 4) is 6.07 Å². The Morgan fingerprint density at radius 1 is 1.32 bits per heavy atom. The summed E-state index contributed by atoms with van der Waals surface area (Å²) >= 11 is 3.50. The topological polar surface area (TPSA) is 27.0 Å². The molecule has 0 N–H and O–H groups in total. The van der Waals surface area contributed by atoms with Crippen molar-refractivity contribution in [1.82, 2.24) is 0 Å². The number of hydrogen-bond acceptors (Lipinski definition) is 2. The maximum atomic E-state index is 9.24. The molecule has 0 amide bonds. The van der Waals surface area contributed by atoms with Crippen LogP contribution >= 0.6 is 15.9 Å². The van der Waals surface area contributed by atoms with E-state index in [1.807, 2.05) is 12.1 Å². The Morgan fingerprint density at radius 3 is 2.58 bits per heavy atom. The molecule has 0 radical (unpaired) electrons. The number of nitrogens with zero attached hydrogens (tertiary/aromatic N) is 2. The second-order valence-electron chi connectivity index (χ2n) is 5.47. The van der Waals surface area contributed by atoms with E-state index in [1.165, 1.54) is 32.1 Å². The van der Waals surface area contributed by atoms with E-state index in [1.54, 1.807) is 0 Å². The monoisotopic (exact) mass is 320 g/mol. The normalized spacial score (nSPS) is 22.8. The van der Waals surface area contributed by atoms with E-state index >= 15 is 0 Å². The lowest BCUT2D eigenvalue weighted by Gasteiger charge is -2.36. The average molecular weight is 321 g/mol. The van der Waals surface area contributed by atoms with Crippen LogP contribution in [0.4, 0.5) is 5.69 Å². The van der Waals surface area contributed by atoms with Gasteiger partial charge in [0.25, 0.3) is 0 Å². The summed E-state index contributed by atoms with van der Waals surface area (Å²) < 4.78 is 1.04. The van der Waals surface area contributed by atoms with Crippen molar-refractivity contribution in [3.05, 3.63) is 28.2 Å². The molecule has 1 fully saturated rings. The van der Waals surface area contributed by atoms with Crippen LogP contribution in [0.15, 0.2) is 22.7 Å². The summed E-state index contributed by atoms with van der Waals surface area (Å²) in [5.74, 6) is 0.905. The molecule has 1 aromatic carbocycles. The highest BCUT2D eigenvalue weighted by Crippen LogP contribution is 2.33. The van der Waals surface area contributed by atoms with Crippen molar-refractivity contribution in [2.24, 2.45) is 5.92 Å². The lowest BCUT2D eigenvalue weighted by molar-refractivity contribution is 0.313. The minimum Gasteiger partial charge on any atom is -0.371 e. The largest absolute Gasteiger partial charge is 0.371 e. The highest BCUT2D eigenvalue weighted by atomic mass is 79.9. The molecule has 0 aromatic heterocycles. The molecule has 2 rings (SSSR count). The SMILES string of the molecule is CCC1CCC(N(C)c2cc(Br)ccc2C#N)CC1. The summed E-state index contributed by atoms with van der Waals surface area (Å²) in [4.78, 5) is 2.30. The molecule has 0 saturated heterocycles. The summed E-state index contributed by atoms with van der Waals surface area (Å²) in [5, 5.41) is 9.24. The molecule has 0 atom stereocenters. The van der Waals surface area contributed by atoms with E-state index in [0.29, 0.717) is 6.04 Å². The lowest BCUT2D eigenvalue weighted by Crippen LogP contribution is -2.35. The summed E-state index contributed by atoms with van der Waals surface area (Å²) in [6, 6.07) is 8.76. The van der Waals surface area contributed by atoms with Crippen LogP contribution in [0.2, 0.25) is 0 Å². The Labute approximate surface area is 124 Å². The van der Waals surface area contributed by atoms with Gasteiger partial charge in [-0.05, 0) is 49.8 Å². The Bertz CT molecular complexity index is 470. The molecule has 1 aliphatic carbocycles. The number of rotatable bonds is 3. The first-order valence-corrected chi connectivity index (χ1v) is 7.87. The third kappa shape index (κ3) is 3.30. The molecule has 0 spiro atoms. The lowest BCUT2D eigenvalue weighted by atomic mass is 9.84. The number of anilines is 1. The molecule has 0 unspecified atom stereocenters. The second-order valence-corrected chi connectivity index (χ2v) is 6.38. The molecule has 3 heteroatoms. The fourth-order valence-electron chi connectivity index (χ4n) is 3.03. The highest BCUT2D eigenvalue weighted by Gasteiger charge is 2.24. The van der Waals surface area contributed by atoms with E-state index in [4.69, 9.17) is 0 Å². The first-order chi connectivity index (χ1) is 9.15. The number of nitriles is 1. The maximum Gasteiger partial charge on any atom is 0.101 e. The van der Waals surface area contributed by atoms with E-state index in [-0.39, 0.29) is 0 Å². The Hall–Kier alpha value is -1.01. The van der Waals surface area contributed by atoms with Crippen LogP contribution < -0.4 is 4.90 Å². The van der Waals surface area contributed by atoms with Crippen LogP contribution in [-0.2, 0) is 0 Å². The zero-order valence-corrected chi connectivity index (χ0v) is 13.3. The van der Waals surface area contributed by atoms with Gasteiger partial charge >= 0.3 is 0 Å². The van der Waals surface area contributed by atoms with Crippen LogP contribution in [-0.4, -0.2) is 13.1 Å². The van der Waals surface area contributed by atoms with Crippen molar-refractivity contribution in [3.63, 3.8) is 0 Å². The maximum absolute atomic E-state index is 9.24. The van der Waals surface area contributed by atoms with Gasteiger partial charge in [0.05, 0.1) is 11.3 Å². The molecular formula is C16H21BrN2. The van der Waals surface area contributed by atoms with E-state index in [9.17, 15) is 5.26 Å². The quantitative estimate of drug-likeness (QED) is 0.805. The van der Waals surface area contributed by atoms with Crippen LogP contribution in [0.25, 0.3) is 0 Å². The van der Waals surface area contributed by atoms with Crippen LogP contribution in [0.1, 0.15) is 44.6 Å². The van der Waals surface area contributed by atoms with E-state index in [2.05, 4.69) is 46.9 Å². The van der Waals surface area contributed by atoms with Gasteiger partial charge in [0.15, 0.2) is 0 Å². The van der Waals surface area contributed by atoms with Crippen LogP contribution in [0, 0.1) is 17.2 Å². The van der Waals surface area contributed by atoms with Gasteiger partial charge in [0.1, 0.15) is 6.07 Å². The van der Waals surface area contributed by atoms with Gasteiger partial charge in [-0.25, -0.2) is 0 Å². The Morgan fingerprint density at radius 2 is 2.00 bits per heavy atom. The van der Waals surface area contributed by atoms with Gasteiger partial charge in [-0.1, -0.05) is 29.3 Å². The fraction of sp³-hybridized carbons (Fsp3) is 0.562. The summed E-state index contributed by atoms with van der Waals surface area (Å²) in [6.45, 7) is 2.29. The van der Waals surface area contributed by atoms with E-state index < -0.39 is 0 Å². The molecule has 2 nitrogen and oxygen atoms in total. The highest BCUT2D eigenvalue weighted by molar-refractivity contribution is 9.10. The number of hydrogen-bond donors (Lipinski definition) is 0. The minimum absolute atomic E-state index is 0.573. The van der Waals surface area contributed by atoms with Crippen LogP contribution in [0.3, 0.4) is 0 Å². The fourth-order valence-corrected chi connectivity index (χ4v) is 3.38. The first kappa shape index (κ1) is 14.4. The van der Waals surface area contributed by atoms with Gasteiger partial charge in [-0.2, -0.15) is 5.26 Å². The summed E-state index contributed by atoms with van der Waals surface area (Å²) in [7, 11) is 2.12. The minimum atomic E-state index is 0.573. The molecular weight excluding hydrogens is 300 g/mol. The predicted octanol–water partition coefficient (Wildman–Crippen LogP) is 4.73. The van der Waals surface area contributed by atoms with Gasteiger partial charge in [-0.15, -0.1) is 0 Å². The third-order valence-corrected chi connectivity index (χ3v) is 4.89. The average Bonchev–Trinajstić information content (AvgIpc) is 2.46. The van der Waals surface area contributed by atoms with Gasteiger partial charge in [-0.3, -0.25) is 0 Å². The molecule has 102 valence electrons. The number of benzene rings is 1. The van der Waals surface area contributed by atoms with Gasteiger partial charge < -0.3 is 4.90 Å². The van der Waals surface area contributed by atoms with Crippen molar-refractivity contribution >= 4 is 21.6 Å². The zero-order valence-electron chi connectivity index (χ0n) is 11.7. The molecule has 1 saturated carbocycles. The Kier molecular flexibility index (Phi) is 4.87. The van der Waals surface area contributed by atoms with Crippen LogP contribution in [0.5, 0.6) is 0 Å². The molecule has 1 aliphatic rings.